The lowest BCUT2D eigenvalue weighted by molar-refractivity contribution is -0.0457. The molecule has 9 nitrogen and oxygen atoms in total. The van der Waals surface area contributed by atoms with Gasteiger partial charge in [-0.15, -0.1) is 0 Å². The molecule has 1 aromatic heterocycles. The minimum Gasteiger partial charge on any atom is -0.373 e. The van der Waals surface area contributed by atoms with Gasteiger partial charge in [-0.1, -0.05) is 0 Å². The van der Waals surface area contributed by atoms with Crippen LogP contribution in [-0.4, -0.2) is 89.1 Å². The average Bonchev–Trinajstić information content (AvgIpc) is 2.92. The molecule has 1 aromatic rings. The van der Waals surface area contributed by atoms with E-state index in [1.165, 1.54) is 8.61 Å². The van der Waals surface area contributed by atoms with E-state index in [-0.39, 0.29) is 18.1 Å². The van der Waals surface area contributed by atoms with Crippen molar-refractivity contribution in [3.63, 3.8) is 0 Å². The number of morpholine rings is 1. The van der Waals surface area contributed by atoms with Crippen molar-refractivity contribution >= 4 is 16.1 Å². The van der Waals surface area contributed by atoms with E-state index in [4.69, 9.17) is 4.74 Å². The van der Waals surface area contributed by atoms with E-state index in [0.717, 1.165) is 5.69 Å². The minimum absolute atomic E-state index is 0.112. The highest BCUT2D eigenvalue weighted by atomic mass is 32.2. The average molecular weight is 385 g/mol. The Morgan fingerprint density at radius 2 is 1.69 bits per heavy atom. The summed E-state index contributed by atoms with van der Waals surface area (Å²) in [6.07, 6.45) is -0.242. The van der Waals surface area contributed by atoms with Gasteiger partial charge in [0.05, 0.1) is 17.9 Å². The van der Waals surface area contributed by atoms with Crippen LogP contribution >= 0.6 is 0 Å². The highest BCUT2D eigenvalue weighted by Crippen LogP contribution is 2.19. The Hall–Kier alpha value is -1.49. The Labute approximate surface area is 154 Å². The highest BCUT2D eigenvalue weighted by molar-refractivity contribution is 7.86. The number of ether oxygens (including phenoxy) is 1. The number of piperazine rings is 1. The van der Waals surface area contributed by atoms with Gasteiger partial charge in [-0.25, -0.2) is 0 Å². The topological polar surface area (TPSA) is 88.0 Å². The number of carbonyl (C=O) groups is 1. The van der Waals surface area contributed by atoms with E-state index in [0.29, 0.717) is 45.0 Å². The number of hydrogen-bond acceptors (Lipinski definition) is 5. The predicted octanol–water partition coefficient (Wildman–Crippen LogP) is -0.160. The molecule has 2 unspecified atom stereocenters. The van der Waals surface area contributed by atoms with Crippen LogP contribution in [0.2, 0.25) is 0 Å². The molecule has 0 N–H and O–H groups in total. The number of nitrogens with zero attached hydrogens (tertiary/aromatic N) is 5. The fourth-order valence-corrected chi connectivity index (χ4v) is 5.33. The number of aryl methyl sites for hydroxylation is 2. The zero-order valence-electron chi connectivity index (χ0n) is 15.8. The van der Waals surface area contributed by atoms with Gasteiger partial charge in [0, 0.05) is 46.3 Å². The van der Waals surface area contributed by atoms with Crippen LogP contribution in [0, 0.1) is 6.92 Å². The summed E-state index contributed by atoms with van der Waals surface area (Å²) in [7, 11) is -1.80. The quantitative estimate of drug-likeness (QED) is 0.722. The number of aromatic nitrogens is 2. The van der Waals surface area contributed by atoms with Gasteiger partial charge < -0.3 is 9.64 Å². The van der Waals surface area contributed by atoms with Crippen molar-refractivity contribution in [3.8, 4) is 0 Å². The third kappa shape index (κ3) is 3.78. The van der Waals surface area contributed by atoms with E-state index in [1.807, 2.05) is 20.8 Å². The number of carbonyl (C=O) groups excluding carboxylic acids is 1. The normalized spacial score (nSPS) is 26.2. The monoisotopic (exact) mass is 385 g/mol. The van der Waals surface area contributed by atoms with E-state index in [2.05, 4.69) is 5.10 Å². The molecule has 1 amide bonds. The summed E-state index contributed by atoms with van der Waals surface area (Å²) in [6.45, 7) is 7.66. The van der Waals surface area contributed by atoms with Crippen molar-refractivity contribution < 1.29 is 17.9 Å². The van der Waals surface area contributed by atoms with Crippen molar-refractivity contribution in [1.82, 2.24) is 23.3 Å². The van der Waals surface area contributed by atoms with E-state index in [9.17, 15) is 13.2 Å². The van der Waals surface area contributed by atoms with Crippen molar-refractivity contribution in [2.45, 2.75) is 33.0 Å². The lowest BCUT2D eigenvalue weighted by Crippen LogP contribution is -2.57. The molecule has 0 bridgehead atoms. The van der Waals surface area contributed by atoms with Gasteiger partial charge in [0.25, 0.3) is 16.1 Å². The zero-order chi connectivity index (χ0) is 19.1. The van der Waals surface area contributed by atoms with E-state index < -0.39 is 10.2 Å². The predicted molar refractivity (Wildman–Crippen MR) is 95.9 cm³/mol. The maximum Gasteiger partial charge on any atom is 0.282 e. The van der Waals surface area contributed by atoms with Gasteiger partial charge in [0.15, 0.2) is 0 Å². The van der Waals surface area contributed by atoms with Gasteiger partial charge in [0.1, 0.15) is 5.69 Å². The maximum atomic E-state index is 12.9. The van der Waals surface area contributed by atoms with Crippen molar-refractivity contribution in [2.24, 2.45) is 7.05 Å². The van der Waals surface area contributed by atoms with Crippen molar-refractivity contribution in [1.29, 1.82) is 0 Å². The summed E-state index contributed by atoms with van der Waals surface area (Å²) < 4.78 is 36.0. The molecule has 2 fully saturated rings. The van der Waals surface area contributed by atoms with Crippen LogP contribution < -0.4 is 0 Å². The summed E-state index contributed by atoms with van der Waals surface area (Å²) in [5.41, 5.74) is 1.31. The Kier molecular flexibility index (Phi) is 5.38. The van der Waals surface area contributed by atoms with Crippen LogP contribution in [0.25, 0.3) is 0 Å². The molecule has 0 spiro atoms. The number of rotatable bonds is 3. The first-order valence-electron chi connectivity index (χ1n) is 8.89. The summed E-state index contributed by atoms with van der Waals surface area (Å²) in [6, 6.07) is 1.75. The van der Waals surface area contributed by atoms with Crippen molar-refractivity contribution in [3.05, 3.63) is 17.5 Å². The molecule has 2 aliphatic heterocycles. The lowest BCUT2D eigenvalue weighted by Gasteiger charge is -2.40. The van der Waals surface area contributed by atoms with Gasteiger partial charge in [0.2, 0.25) is 0 Å². The van der Waals surface area contributed by atoms with Crippen LogP contribution in [0.15, 0.2) is 6.07 Å². The lowest BCUT2D eigenvalue weighted by atomic mass is 10.3. The molecule has 10 heteroatoms. The minimum atomic E-state index is -3.54. The first-order chi connectivity index (χ1) is 12.2. The maximum absolute atomic E-state index is 12.9. The first kappa shape index (κ1) is 19.3. The van der Waals surface area contributed by atoms with Gasteiger partial charge in [-0.2, -0.15) is 22.1 Å². The Morgan fingerprint density at radius 1 is 1.12 bits per heavy atom. The van der Waals surface area contributed by atoms with Gasteiger partial charge in [-0.05, 0) is 26.8 Å². The standard InChI is InChI=1S/C16H27N5O4S/c1-12-9-15(18(4)17-12)16(22)19-5-7-20(8-6-19)26(23,24)21-10-13(2)25-14(3)11-21/h9,13-14H,5-8,10-11H2,1-4H3. The molecule has 3 heterocycles. The molecule has 0 saturated carbocycles. The van der Waals surface area contributed by atoms with E-state index >= 15 is 0 Å². The van der Waals surface area contributed by atoms with Crippen LogP contribution in [-0.2, 0) is 22.0 Å². The molecule has 0 aromatic carbocycles. The molecule has 2 atom stereocenters. The van der Waals surface area contributed by atoms with Gasteiger partial charge in [-0.3, -0.25) is 9.48 Å². The second-order valence-electron chi connectivity index (χ2n) is 7.07. The fraction of sp³-hybridized carbons (Fsp3) is 0.750. The molecule has 0 aliphatic carbocycles. The molecular formula is C16H27N5O4S. The second-order valence-corrected chi connectivity index (χ2v) is 9.00. The fourth-order valence-electron chi connectivity index (χ4n) is 3.58. The number of hydrogen-bond donors (Lipinski definition) is 0. The Bertz CT molecular complexity index is 760. The van der Waals surface area contributed by atoms with Crippen LogP contribution in [0.4, 0.5) is 0 Å². The molecule has 3 rings (SSSR count). The molecule has 0 radical (unpaired) electrons. The zero-order valence-corrected chi connectivity index (χ0v) is 16.6. The Morgan fingerprint density at radius 3 is 2.19 bits per heavy atom. The first-order valence-corrected chi connectivity index (χ1v) is 10.3. The summed E-state index contributed by atoms with van der Waals surface area (Å²) in [5.74, 6) is -0.112. The number of amides is 1. The molecule has 2 saturated heterocycles. The second kappa shape index (κ2) is 7.26. The van der Waals surface area contributed by atoms with Crippen molar-refractivity contribution in [2.75, 3.05) is 39.3 Å². The van der Waals surface area contributed by atoms with E-state index in [1.54, 1.807) is 22.7 Å². The Balaban J connectivity index is 1.64. The molecule has 146 valence electrons. The third-order valence-electron chi connectivity index (χ3n) is 4.79. The largest absolute Gasteiger partial charge is 0.373 e. The highest BCUT2D eigenvalue weighted by Gasteiger charge is 2.37. The van der Waals surface area contributed by atoms with Gasteiger partial charge >= 0.3 is 0 Å². The van der Waals surface area contributed by atoms with Crippen LogP contribution in [0.1, 0.15) is 30.0 Å². The molecule has 26 heavy (non-hydrogen) atoms. The summed E-state index contributed by atoms with van der Waals surface area (Å²) >= 11 is 0. The van der Waals surface area contributed by atoms with Crippen LogP contribution in [0.5, 0.6) is 0 Å². The van der Waals surface area contributed by atoms with Crippen LogP contribution in [0.3, 0.4) is 0 Å². The summed E-state index contributed by atoms with van der Waals surface area (Å²) in [5, 5.41) is 4.20. The molecular weight excluding hydrogens is 358 g/mol. The third-order valence-corrected chi connectivity index (χ3v) is 6.75. The molecule has 2 aliphatic rings. The SMILES string of the molecule is Cc1cc(C(=O)N2CCN(S(=O)(=O)N3CC(C)OC(C)C3)CC2)n(C)n1. The summed E-state index contributed by atoms with van der Waals surface area (Å²) in [4.78, 5) is 14.3. The smallest absolute Gasteiger partial charge is 0.282 e.